The zero-order valence-corrected chi connectivity index (χ0v) is 20.1. The molecule has 0 aliphatic heterocycles. The first-order chi connectivity index (χ1) is 13.1. The Hall–Kier alpha value is -1.41. The van der Waals surface area contributed by atoms with E-state index in [0.29, 0.717) is 30.5 Å². The molecule has 0 aliphatic carbocycles. The van der Waals surface area contributed by atoms with Crippen molar-refractivity contribution < 1.29 is 4.21 Å². The van der Waals surface area contributed by atoms with Gasteiger partial charge < -0.3 is 10.6 Å². The van der Waals surface area contributed by atoms with Crippen molar-refractivity contribution in [3.63, 3.8) is 0 Å². The Morgan fingerprint density at radius 2 is 1.86 bits per heavy atom. The molecule has 0 aliphatic rings. The van der Waals surface area contributed by atoms with Gasteiger partial charge in [-0.1, -0.05) is 67.1 Å². The molecule has 2 atom stereocenters. The molecule has 28 heavy (non-hydrogen) atoms. The molecule has 2 N–H and O–H groups in total. The molecule has 0 fully saturated rings. The number of benzene rings is 2. The molecular weight excluding hydrogens is 481 g/mol. The molecule has 4 nitrogen and oxygen atoms in total. The fraction of sp³-hybridized carbons (Fsp3) is 0.409. The lowest BCUT2D eigenvalue weighted by Crippen LogP contribution is -2.39. The first kappa shape index (κ1) is 24.6. The molecule has 6 heteroatoms. The molecule has 0 aromatic heterocycles. The highest BCUT2D eigenvalue weighted by Gasteiger charge is 2.07. The molecule has 0 radical (unpaired) electrons. The fourth-order valence-corrected chi connectivity index (χ4v) is 3.81. The Labute approximate surface area is 189 Å². The van der Waals surface area contributed by atoms with Crippen LogP contribution in [-0.4, -0.2) is 35.6 Å². The summed E-state index contributed by atoms with van der Waals surface area (Å²) in [5.41, 5.74) is 3.69. The summed E-state index contributed by atoms with van der Waals surface area (Å²) in [6.45, 7) is 8.51. The van der Waals surface area contributed by atoms with Gasteiger partial charge in [-0.05, 0) is 25.0 Å². The topological polar surface area (TPSA) is 53.5 Å². The Morgan fingerprint density at radius 1 is 1.11 bits per heavy atom. The van der Waals surface area contributed by atoms with Crippen LogP contribution >= 0.6 is 24.0 Å². The lowest BCUT2D eigenvalue weighted by atomic mass is 10.00. The van der Waals surface area contributed by atoms with Gasteiger partial charge >= 0.3 is 0 Å². The molecule has 0 amide bonds. The maximum absolute atomic E-state index is 12.2. The van der Waals surface area contributed by atoms with Gasteiger partial charge in [-0.15, -0.1) is 24.0 Å². The van der Waals surface area contributed by atoms with E-state index in [0.717, 1.165) is 18.1 Å². The number of halogens is 1. The lowest BCUT2D eigenvalue weighted by molar-refractivity contribution is 0.680. The van der Waals surface area contributed by atoms with Gasteiger partial charge in [-0.25, -0.2) is 0 Å². The molecule has 154 valence electrons. The molecule has 2 aromatic carbocycles. The van der Waals surface area contributed by atoms with Crippen LogP contribution in [0.2, 0.25) is 0 Å². The molecule has 2 aromatic rings. The Kier molecular flexibility index (Phi) is 12.1. The maximum atomic E-state index is 12.2. The highest BCUT2D eigenvalue weighted by Crippen LogP contribution is 2.16. The van der Waals surface area contributed by atoms with Gasteiger partial charge in [0.05, 0.1) is 0 Å². The van der Waals surface area contributed by atoms with Crippen LogP contribution in [0.1, 0.15) is 36.5 Å². The third-order valence-corrected chi connectivity index (χ3v) is 5.59. The van der Waals surface area contributed by atoms with Gasteiger partial charge in [0, 0.05) is 47.9 Å². The average Bonchev–Trinajstić information content (AvgIpc) is 2.66. The van der Waals surface area contributed by atoms with Crippen LogP contribution in [-0.2, 0) is 16.6 Å². The third-order valence-electron chi connectivity index (χ3n) is 4.27. The van der Waals surface area contributed by atoms with Crippen LogP contribution in [0, 0.1) is 6.92 Å². The van der Waals surface area contributed by atoms with E-state index in [1.807, 2.05) is 30.3 Å². The van der Waals surface area contributed by atoms with Crippen molar-refractivity contribution in [2.75, 3.05) is 25.4 Å². The fourth-order valence-electron chi connectivity index (χ4n) is 2.77. The molecule has 0 spiro atoms. The first-order valence-electron chi connectivity index (χ1n) is 9.56. The smallest absolute Gasteiger partial charge is 0.191 e. The summed E-state index contributed by atoms with van der Waals surface area (Å²) in [6, 6.07) is 18.6. The highest BCUT2D eigenvalue weighted by atomic mass is 127. The number of hydrogen-bond acceptors (Lipinski definition) is 2. The predicted molar refractivity (Wildman–Crippen MR) is 132 cm³/mol. The second-order valence-corrected chi connectivity index (χ2v) is 8.31. The summed E-state index contributed by atoms with van der Waals surface area (Å²) in [6.07, 6.45) is 0. The number of guanidine groups is 1. The minimum Gasteiger partial charge on any atom is -0.357 e. The van der Waals surface area contributed by atoms with Crippen molar-refractivity contribution in [1.82, 2.24) is 10.6 Å². The van der Waals surface area contributed by atoms with Gasteiger partial charge in [0.25, 0.3) is 0 Å². The maximum Gasteiger partial charge on any atom is 0.191 e. The predicted octanol–water partition coefficient (Wildman–Crippen LogP) is 4.22. The van der Waals surface area contributed by atoms with Crippen LogP contribution in [0.25, 0.3) is 0 Å². The summed E-state index contributed by atoms with van der Waals surface area (Å²) in [4.78, 5) is 4.70. The molecule has 2 unspecified atom stereocenters. The standard InChI is InChI=1S/C22H31N3OS.HI/c1-4-23-22(25-16-19(3)21-12-8-9-18(2)15-21)24-13-14-27(26)17-20-10-6-5-7-11-20;/h5-12,15,19H,4,13-14,16-17H2,1-3H3,(H2,23,24,25);1H. The number of hydrogen-bond donors (Lipinski definition) is 2. The Morgan fingerprint density at radius 3 is 2.54 bits per heavy atom. The van der Waals surface area contributed by atoms with Gasteiger partial charge in [-0.2, -0.15) is 0 Å². The monoisotopic (exact) mass is 513 g/mol. The van der Waals surface area contributed by atoms with Crippen LogP contribution in [0.4, 0.5) is 0 Å². The highest BCUT2D eigenvalue weighted by molar-refractivity contribution is 14.0. The zero-order chi connectivity index (χ0) is 19.5. The van der Waals surface area contributed by atoms with Crippen molar-refractivity contribution in [1.29, 1.82) is 0 Å². The summed E-state index contributed by atoms with van der Waals surface area (Å²) in [7, 11) is -0.882. The van der Waals surface area contributed by atoms with Crippen LogP contribution in [0.15, 0.2) is 59.6 Å². The van der Waals surface area contributed by atoms with Crippen molar-refractivity contribution in [2.24, 2.45) is 4.99 Å². The normalized spacial score (nSPS) is 13.3. The Balaban J connectivity index is 0.00000392. The Bertz CT molecular complexity index is 752. The van der Waals surface area contributed by atoms with Gasteiger partial charge in [-0.3, -0.25) is 9.20 Å². The number of aliphatic imine (C=N–C) groups is 1. The lowest BCUT2D eigenvalue weighted by Gasteiger charge is -2.14. The SMILES string of the molecule is CCNC(=NCC(C)c1cccc(C)c1)NCCS(=O)Cc1ccccc1.I. The van der Waals surface area contributed by atoms with Gasteiger partial charge in [0.1, 0.15) is 0 Å². The van der Waals surface area contributed by atoms with Crippen molar-refractivity contribution in [2.45, 2.75) is 32.4 Å². The van der Waals surface area contributed by atoms with E-state index >= 15 is 0 Å². The summed E-state index contributed by atoms with van der Waals surface area (Å²) in [5, 5.41) is 6.57. The molecule has 0 saturated heterocycles. The van der Waals surface area contributed by atoms with Crippen LogP contribution in [0.5, 0.6) is 0 Å². The number of rotatable bonds is 9. The summed E-state index contributed by atoms with van der Waals surface area (Å²) >= 11 is 0. The summed E-state index contributed by atoms with van der Waals surface area (Å²) in [5.74, 6) is 2.34. The van der Waals surface area contributed by atoms with Crippen molar-refractivity contribution in [3.05, 3.63) is 71.3 Å². The van der Waals surface area contributed by atoms with E-state index in [-0.39, 0.29) is 24.0 Å². The first-order valence-corrected chi connectivity index (χ1v) is 11.0. The van der Waals surface area contributed by atoms with E-state index in [1.54, 1.807) is 0 Å². The summed E-state index contributed by atoms with van der Waals surface area (Å²) < 4.78 is 12.2. The molecule has 0 heterocycles. The van der Waals surface area contributed by atoms with Crippen molar-refractivity contribution in [3.8, 4) is 0 Å². The third kappa shape index (κ3) is 9.19. The largest absolute Gasteiger partial charge is 0.357 e. The van der Waals surface area contributed by atoms with Gasteiger partial charge in [0.2, 0.25) is 0 Å². The van der Waals surface area contributed by atoms with E-state index in [9.17, 15) is 4.21 Å². The number of nitrogens with zero attached hydrogens (tertiary/aromatic N) is 1. The molecule has 2 rings (SSSR count). The minimum absolute atomic E-state index is 0. The number of aryl methyl sites for hydroxylation is 1. The second-order valence-electron chi connectivity index (χ2n) is 6.74. The van der Waals surface area contributed by atoms with E-state index in [4.69, 9.17) is 4.99 Å². The van der Waals surface area contributed by atoms with E-state index in [1.165, 1.54) is 11.1 Å². The van der Waals surface area contributed by atoms with E-state index < -0.39 is 10.8 Å². The van der Waals surface area contributed by atoms with Crippen molar-refractivity contribution >= 4 is 40.7 Å². The average molecular weight is 513 g/mol. The second kappa shape index (κ2) is 13.7. The van der Waals surface area contributed by atoms with E-state index in [2.05, 4.69) is 55.7 Å². The quantitative estimate of drug-likeness (QED) is 0.300. The van der Waals surface area contributed by atoms with Crippen LogP contribution < -0.4 is 10.6 Å². The van der Waals surface area contributed by atoms with Crippen LogP contribution in [0.3, 0.4) is 0 Å². The molecule has 0 bridgehead atoms. The zero-order valence-electron chi connectivity index (χ0n) is 17.0. The molecular formula is C22H32IN3OS. The minimum atomic E-state index is -0.882. The van der Waals surface area contributed by atoms with Gasteiger partial charge in [0.15, 0.2) is 5.96 Å². The number of nitrogens with one attached hydrogen (secondary N) is 2. The molecule has 0 saturated carbocycles.